The average Bonchev–Trinajstić information content (AvgIpc) is 2.61. The SMILES string of the molecule is COc1ccc(CNNC(=O)c2cc(C#N)ccc2F)c(C(F)(F)F)c1. The molecule has 0 radical (unpaired) electrons. The molecule has 0 bridgehead atoms. The van der Waals surface area contributed by atoms with Gasteiger partial charge < -0.3 is 4.74 Å². The molecule has 0 unspecified atom stereocenters. The van der Waals surface area contributed by atoms with E-state index in [4.69, 9.17) is 10.00 Å². The van der Waals surface area contributed by atoms with Crippen LogP contribution in [0.3, 0.4) is 0 Å². The van der Waals surface area contributed by atoms with Gasteiger partial charge in [-0.1, -0.05) is 6.07 Å². The van der Waals surface area contributed by atoms with Crippen molar-refractivity contribution in [2.75, 3.05) is 7.11 Å². The molecule has 0 saturated carbocycles. The number of hydrogen-bond donors (Lipinski definition) is 2. The first-order valence-corrected chi connectivity index (χ1v) is 7.23. The topological polar surface area (TPSA) is 74.2 Å². The van der Waals surface area contributed by atoms with Crippen molar-refractivity contribution in [2.24, 2.45) is 0 Å². The molecular weight excluding hydrogens is 354 g/mol. The summed E-state index contributed by atoms with van der Waals surface area (Å²) in [5, 5.41) is 8.77. The summed E-state index contributed by atoms with van der Waals surface area (Å²) < 4.78 is 57.7. The van der Waals surface area contributed by atoms with Gasteiger partial charge in [0.1, 0.15) is 11.6 Å². The molecule has 2 N–H and O–H groups in total. The zero-order valence-corrected chi connectivity index (χ0v) is 13.4. The molecule has 1 amide bonds. The molecule has 0 aliphatic heterocycles. The second-order valence-electron chi connectivity index (χ2n) is 5.13. The van der Waals surface area contributed by atoms with E-state index in [2.05, 4.69) is 10.9 Å². The lowest BCUT2D eigenvalue weighted by Crippen LogP contribution is -2.37. The highest BCUT2D eigenvalue weighted by molar-refractivity contribution is 5.94. The van der Waals surface area contributed by atoms with Gasteiger partial charge in [-0.25, -0.2) is 9.82 Å². The van der Waals surface area contributed by atoms with Crippen molar-refractivity contribution in [3.05, 3.63) is 64.5 Å². The number of nitrogens with zero attached hydrogens (tertiary/aromatic N) is 1. The normalized spacial score (nSPS) is 10.9. The van der Waals surface area contributed by atoms with Crippen LogP contribution in [0, 0.1) is 17.1 Å². The number of nitrogens with one attached hydrogen (secondary N) is 2. The minimum absolute atomic E-state index is 0.0421. The molecule has 2 aromatic carbocycles. The Morgan fingerprint density at radius 1 is 1.23 bits per heavy atom. The Labute approximate surface area is 146 Å². The van der Waals surface area contributed by atoms with Crippen molar-refractivity contribution in [1.82, 2.24) is 10.9 Å². The zero-order chi connectivity index (χ0) is 19.3. The van der Waals surface area contributed by atoms with Gasteiger partial charge in [-0.3, -0.25) is 10.2 Å². The van der Waals surface area contributed by atoms with Crippen molar-refractivity contribution in [3.63, 3.8) is 0 Å². The Kier molecular flexibility index (Phi) is 5.79. The van der Waals surface area contributed by atoms with E-state index in [0.717, 1.165) is 18.2 Å². The third-order valence-electron chi connectivity index (χ3n) is 3.44. The number of amides is 1. The van der Waals surface area contributed by atoms with Crippen molar-refractivity contribution in [1.29, 1.82) is 5.26 Å². The van der Waals surface area contributed by atoms with Gasteiger partial charge in [-0.2, -0.15) is 18.4 Å². The molecule has 26 heavy (non-hydrogen) atoms. The summed E-state index contributed by atoms with van der Waals surface area (Å²) in [5.74, 6) is -1.73. The lowest BCUT2D eigenvalue weighted by molar-refractivity contribution is -0.138. The summed E-state index contributed by atoms with van der Waals surface area (Å²) >= 11 is 0. The molecule has 2 rings (SSSR count). The standard InChI is InChI=1S/C17H13F4N3O2/c1-26-12-4-3-11(14(7-12)17(19,20)21)9-23-24-16(25)13-6-10(8-22)2-5-15(13)18/h2-7,23H,9H2,1H3,(H,24,25). The molecule has 0 aromatic heterocycles. The van der Waals surface area contributed by atoms with Crippen molar-refractivity contribution < 1.29 is 27.1 Å². The van der Waals surface area contributed by atoms with E-state index in [9.17, 15) is 22.4 Å². The lowest BCUT2D eigenvalue weighted by atomic mass is 10.1. The van der Waals surface area contributed by atoms with E-state index in [1.807, 2.05) is 0 Å². The van der Waals surface area contributed by atoms with Gasteiger partial charge in [-0.15, -0.1) is 0 Å². The van der Waals surface area contributed by atoms with Gasteiger partial charge in [0.05, 0.1) is 29.9 Å². The molecule has 0 spiro atoms. The predicted octanol–water partition coefficient (Wildman–Crippen LogP) is 3.16. The highest BCUT2D eigenvalue weighted by Gasteiger charge is 2.33. The number of carbonyl (C=O) groups excluding carboxylic acids is 1. The van der Waals surface area contributed by atoms with Gasteiger partial charge in [0, 0.05) is 6.54 Å². The van der Waals surface area contributed by atoms with Gasteiger partial charge in [0.15, 0.2) is 0 Å². The lowest BCUT2D eigenvalue weighted by Gasteiger charge is -2.15. The Morgan fingerprint density at radius 2 is 1.96 bits per heavy atom. The second-order valence-corrected chi connectivity index (χ2v) is 5.13. The summed E-state index contributed by atoms with van der Waals surface area (Å²) in [6, 6.07) is 8.36. The first-order chi connectivity index (χ1) is 12.3. The molecule has 0 aliphatic rings. The van der Waals surface area contributed by atoms with Gasteiger partial charge >= 0.3 is 6.18 Å². The molecule has 0 aliphatic carbocycles. The number of alkyl halides is 3. The van der Waals surface area contributed by atoms with E-state index in [1.165, 1.54) is 25.3 Å². The van der Waals surface area contributed by atoms with Crippen molar-refractivity contribution in [3.8, 4) is 11.8 Å². The molecule has 0 saturated heterocycles. The summed E-state index contributed by atoms with van der Waals surface area (Å²) in [6.45, 7) is -0.357. The largest absolute Gasteiger partial charge is 0.497 e. The molecular formula is C17H13F4N3O2. The van der Waals surface area contributed by atoms with Crippen molar-refractivity contribution >= 4 is 5.91 Å². The smallest absolute Gasteiger partial charge is 0.416 e. The second kappa shape index (κ2) is 7.84. The molecule has 9 heteroatoms. The van der Waals surface area contributed by atoms with Gasteiger partial charge in [-0.05, 0) is 35.9 Å². The minimum Gasteiger partial charge on any atom is -0.497 e. The number of carbonyl (C=O) groups is 1. The summed E-state index contributed by atoms with van der Waals surface area (Å²) in [4.78, 5) is 11.9. The van der Waals surface area contributed by atoms with E-state index in [-0.39, 0.29) is 23.4 Å². The van der Waals surface area contributed by atoms with E-state index >= 15 is 0 Å². The van der Waals surface area contributed by atoms with E-state index < -0.39 is 29.0 Å². The fraction of sp³-hybridized carbons (Fsp3) is 0.176. The molecule has 0 heterocycles. The molecule has 0 fully saturated rings. The van der Waals surface area contributed by atoms with Crippen LogP contribution in [-0.4, -0.2) is 13.0 Å². The van der Waals surface area contributed by atoms with Crippen LogP contribution in [0.2, 0.25) is 0 Å². The molecule has 5 nitrogen and oxygen atoms in total. The average molecular weight is 367 g/mol. The number of methoxy groups -OCH3 is 1. The summed E-state index contributed by atoms with van der Waals surface area (Å²) in [5.41, 5.74) is 3.05. The van der Waals surface area contributed by atoms with Crippen LogP contribution in [0.15, 0.2) is 36.4 Å². The third-order valence-corrected chi connectivity index (χ3v) is 3.44. The summed E-state index contributed by atoms with van der Waals surface area (Å²) in [7, 11) is 1.25. The first-order valence-electron chi connectivity index (χ1n) is 7.23. The Morgan fingerprint density at radius 3 is 2.58 bits per heavy atom. The minimum atomic E-state index is -4.61. The van der Waals surface area contributed by atoms with Crippen LogP contribution in [0.4, 0.5) is 17.6 Å². The Hall–Kier alpha value is -3.12. The Balaban J connectivity index is 2.11. The zero-order valence-electron chi connectivity index (χ0n) is 13.4. The van der Waals surface area contributed by atoms with Crippen LogP contribution >= 0.6 is 0 Å². The number of ether oxygens (including phenoxy) is 1. The number of rotatable bonds is 5. The van der Waals surface area contributed by atoms with Crippen LogP contribution in [0.5, 0.6) is 5.75 Å². The van der Waals surface area contributed by atoms with Crippen LogP contribution in [0.1, 0.15) is 27.0 Å². The van der Waals surface area contributed by atoms with E-state index in [1.54, 1.807) is 6.07 Å². The molecule has 0 atom stereocenters. The number of halogens is 4. The maximum atomic E-state index is 13.6. The number of nitriles is 1. The van der Waals surface area contributed by atoms with Crippen LogP contribution in [0.25, 0.3) is 0 Å². The number of hydrogen-bond acceptors (Lipinski definition) is 4. The van der Waals surface area contributed by atoms with Crippen LogP contribution in [-0.2, 0) is 12.7 Å². The third kappa shape index (κ3) is 4.49. The Bertz CT molecular complexity index is 860. The molecule has 136 valence electrons. The quantitative estimate of drug-likeness (QED) is 0.629. The fourth-order valence-corrected chi connectivity index (χ4v) is 2.16. The number of hydrazine groups is 1. The fourth-order valence-electron chi connectivity index (χ4n) is 2.16. The predicted molar refractivity (Wildman–Crippen MR) is 83.4 cm³/mol. The number of benzene rings is 2. The highest BCUT2D eigenvalue weighted by atomic mass is 19.4. The maximum absolute atomic E-state index is 13.6. The summed E-state index contributed by atoms with van der Waals surface area (Å²) in [6.07, 6.45) is -4.61. The highest BCUT2D eigenvalue weighted by Crippen LogP contribution is 2.34. The van der Waals surface area contributed by atoms with Crippen molar-refractivity contribution in [2.45, 2.75) is 12.7 Å². The maximum Gasteiger partial charge on any atom is 0.416 e. The van der Waals surface area contributed by atoms with Gasteiger partial charge in [0.2, 0.25) is 0 Å². The van der Waals surface area contributed by atoms with Gasteiger partial charge in [0.25, 0.3) is 5.91 Å². The van der Waals surface area contributed by atoms with E-state index in [0.29, 0.717) is 0 Å². The first kappa shape index (κ1) is 19.2. The van der Waals surface area contributed by atoms with Crippen LogP contribution < -0.4 is 15.6 Å². The molecule has 2 aromatic rings. The monoisotopic (exact) mass is 367 g/mol.